The molecule has 1 unspecified atom stereocenters. The van der Waals surface area contributed by atoms with Crippen LogP contribution in [0.1, 0.15) is 23.5 Å². The lowest BCUT2D eigenvalue weighted by molar-refractivity contribution is -0.368. The third kappa shape index (κ3) is 2.13. The van der Waals surface area contributed by atoms with Crippen LogP contribution in [0.3, 0.4) is 0 Å². The second-order valence-electron chi connectivity index (χ2n) is 3.77. The molecule has 0 saturated heterocycles. The number of carbonyl (C=O) groups excluding carboxylic acids is 1. The molecule has 1 aliphatic rings. The molecule has 2 rings (SSSR count). The second-order valence-corrected chi connectivity index (χ2v) is 3.77. The Labute approximate surface area is 95.5 Å². The quantitative estimate of drug-likeness (QED) is 0.584. The van der Waals surface area contributed by atoms with Gasteiger partial charge in [0.25, 0.3) is 0 Å². The largest absolute Gasteiger partial charge is 1.00 e. The van der Waals surface area contributed by atoms with E-state index in [4.69, 9.17) is 0 Å². The predicted molar refractivity (Wildman–Crippen MR) is 54.9 cm³/mol. The Balaban J connectivity index is 0.00000112. The molecule has 1 heterocycles. The SMILES string of the molecule is Cc1ccc2c(c1)C(CC[NH3+])C(=O)N2.[Cl-]. The van der Waals surface area contributed by atoms with Crippen molar-refractivity contribution in [2.24, 2.45) is 0 Å². The standard InChI is InChI=1S/C11H14N2O.ClH/c1-7-2-3-10-9(6-7)8(4-5-12)11(14)13-10;/h2-3,6,8H,4-5,12H2,1H3,(H,13,14);1H. The van der Waals surface area contributed by atoms with Crippen LogP contribution in [0.5, 0.6) is 0 Å². The Morgan fingerprint density at radius 3 is 2.87 bits per heavy atom. The maximum absolute atomic E-state index is 11.6. The van der Waals surface area contributed by atoms with Crippen LogP contribution in [0.4, 0.5) is 5.69 Å². The first-order valence-corrected chi connectivity index (χ1v) is 4.93. The zero-order valence-electron chi connectivity index (χ0n) is 8.72. The first kappa shape index (κ1) is 12.0. The van der Waals surface area contributed by atoms with E-state index in [0.29, 0.717) is 0 Å². The molecule has 1 aromatic carbocycles. The number of hydrogen-bond donors (Lipinski definition) is 2. The third-order valence-corrected chi connectivity index (χ3v) is 2.65. The first-order chi connectivity index (χ1) is 6.72. The average Bonchev–Trinajstić information content (AvgIpc) is 2.45. The van der Waals surface area contributed by atoms with Crippen molar-refractivity contribution in [2.75, 3.05) is 11.9 Å². The zero-order chi connectivity index (χ0) is 10.1. The van der Waals surface area contributed by atoms with Gasteiger partial charge in [0.05, 0.1) is 12.5 Å². The summed E-state index contributed by atoms with van der Waals surface area (Å²) in [6.45, 7) is 2.84. The summed E-state index contributed by atoms with van der Waals surface area (Å²) in [6, 6.07) is 6.09. The van der Waals surface area contributed by atoms with E-state index >= 15 is 0 Å². The minimum atomic E-state index is 0. The van der Waals surface area contributed by atoms with Crippen LogP contribution in [0.2, 0.25) is 0 Å². The lowest BCUT2D eigenvalue weighted by Crippen LogP contribution is -3.00. The molecule has 4 heteroatoms. The number of amides is 1. The Bertz CT molecular complexity index is 379. The van der Waals surface area contributed by atoms with Gasteiger partial charge in [-0.2, -0.15) is 0 Å². The van der Waals surface area contributed by atoms with Crippen LogP contribution in [-0.4, -0.2) is 12.5 Å². The molecule has 0 spiro atoms. The molecular weight excluding hydrogens is 212 g/mol. The Kier molecular flexibility index (Phi) is 3.72. The van der Waals surface area contributed by atoms with E-state index in [1.54, 1.807) is 0 Å². The van der Waals surface area contributed by atoms with E-state index in [-0.39, 0.29) is 24.2 Å². The number of fused-ring (bicyclic) bond motifs is 1. The lowest BCUT2D eigenvalue weighted by atomic mass is 9.96. The van der Waals surface area contributed by atoms with Gasteiger partial charge in [0.2, 0.25) is 5.91 Å². The summed E-state index contributed by atoms with van der Waals surface area (Å²) < 4.78 is 0. The van der Waals surface area contributed by atoms with Crippen LogP contribution < -0.4 is 23.5 Å². The highest BCUT2D eigenvalue weighted by molar-refractivity contribution is 6.02. The number of benzene rings is 1. The number of hydrogen-bond acceptors (Lipinski definition) is 1. The molecule has 0 aliphatic carbocycles. The van der Waals surface area contributed by atoms with Crippen LogP contribution in [0.15, 0.2) is 18.2 Å². The van der Waals surface area contributed by atoms with Crippen molar-refractivity contribution < 1.29 is 22.9 Å². The van der Waals surface area contributed by atoms with E-state index < -0.39 is 0 Å². The van der Waals surface area contributed by atoms with E-state index in [9.17, 15) is 4.79 Å². The molecule has 1 aromatic rings. The highest BCUT2D eigenvalue weighted by Gasteiger charge is 2.29. The van der Waals surface area contributed by atoms with E-state index in [1.165, 1.54) is 5.56 Å². The van der Waals surface area contributed by atoms with Gasteiger partial charge in [-0.3, -0.25) is 4.79 Å². The van der Waals surface area contributed by atoms with Gasteiger partial charge in [0.15, 0.2) is 0 Å². The van der Waals surface area contributed by atoms with Crippen molar-refractivity contribution in [2.45, 2.75) is 19.3 Å². The van der Waals surface area contributed by atoms with Gasteiger partial charge < -0.3 is 23.5 Å². The van der Waals surface area contributed by atoms with Gasteiger partial charge in [0.1, 0.15) is 0 Å². The molecule has 4 N–H and O–H groups in total. The topological polar surface area (TPSA) is 56.7 Å². The molecule has 1 aliphatic heterocycles. The van der Waals surface area contributed by atoms with Crippen molar-refractivity contribution in [3.8, 4) is 0 Å². The van der Waals surface area contributed by atoms with Crippen molar-refractivity contribution in [1.29, 1.82) is 0 Å². The van der Waals surface area contributed by atoms with Crippen molar-refractivity contribution >= 4 is 11.6 Å². The van der Waals surface area contributed by atoms with E-state index in [0.717, 1.165) is 24.2 Å². The van der Waals surface area contributed by atoms with Crippen LogP contribution >= 0.6 is 0 Å². The summed E-state index contributed by atoms with van der Waals surface area (Å²) in [5, 5.41) is 2.89. The Hall–Kier alpha value is -1.06. The van der Waals surface area contributed by atoms with Gasteiger partial charge in [-0.15, -0.1) is 0 Å². The van der Waals surface area contributed by atoms with Gasteiger partial charge in [-0.05, 0) is 18.6 Å². The minimum absolute atomic E-state index is 0. The highest BCUT2D eigenvalue weighted by atomic mass is 35.5. The number of anilines is 1. The minimum Gasteiger partial charge on any atom is -1.00 e. The maximum atomic E-state index is 11.6. The van der Waals surface area contributed by atoms with Gasteiger partial charge >= 0.3 is 0 Å². The average molecular weight is 227 g/mol. The molecule has 15 heavy (non-hydrogen) atoms. The second kappa shape index (κ2) is 4.64. The zero-order valence-corrected chi connectivity index (χ0v) is 9.47. The monoisotopic (exact) mass is 226 g/mol. The van der Waals surface area contributed by atoms with Gasteiger partial charge in [-0.25, -0.2) is 0 Å². The number of rotatable bonds is 2. The fourth-order valence-electron chi connectivity index (χ4n) is 1.94. The van der Waals surface area contributed by atoms with Crippen molar-refractivity contribution in [1.82, 2.24) is 0 Å². The Morgan fingerprint density at radius 2 is 2.20 bits per heavy atom. The van der Waals surface area contributed by atoms with Crippen molar-refractivity contribution in [3.63, 3.8) is 0 Å². The molecule has 0 bridgehead atoms. The number of quaternary nitrogens is 1. The number of carbonyl (C=O) groups is 1. The summed E-state index contributed by atoms with van der Waals surface area (Å²) >= 11 is 0. The smallest absolute Gasteiger partial charge is 0.232 e. The fourth-order valence-corrected chi connectivity index (χ4v) is 1.94. The van der Waals surface area contributed by atoms with Crippen molar-refractivity contribution in [3.05, 3.63) is 29.3 Å². The molecule has 3 nitrogen and oxygen atoms in total. The summed E-state index contributed by atoms with van der Waals surface area (Å²) in [6.07, 6.45) is 0.836. The number of aryl methyl sites for hydroxylation is 1. The summed E-state index contributed by atoms with van der Waals surface area (Å²) in [7, 11) is 0. The number of nitrogens with one attached hydrogen (secondary N) is 1. The molecule has 82 valence electrons. The van der Waals surface area contributed by atoms with Crippen LogP contribution in [0.25, 0.3) is 0 Å². The lowest BCUT2D eigenvalue weighted by Gasteiger charge is -2.05. The predicted octanol–water partition coefficient (Wildman–Crippen LogP) is -2.33. The molecule has 0 fully saturated rings. The van der Waals surface area contributed by atoms with E-state index in [2.05, 4.69) is 17.1 Å². The maximum Gasteiger partial charge on any atom is 0.232 e. The Morgan fingerprint density at radius 1 is 1.47 bits per heavy atom. The molecule has 0 radical (unpaired) electrons. The van der Waals surface area contributed by atoms with Crippen LogP contribution in [0, 0.1) is 6.92 Å². The van der Waals surface area contributed by atoms with Crippen LogP contribution in [-0.2, 0) is 4.79 Å². The highest BCUT2D eigenvalue weighted by Crippen LogP contribution is 2.34. The van der Waals surface area contributed by atoms with E-state index in [1.807, 2.05) is 19.1 Å². The van der Waals surface area contributed by atoms with Gasteiger partial charge in [-0.1, -0.05) is 17.7 Å². The normalized spacial score (nSPS) is 18.0. The van der Waals surface area contributed by atoms with Gasteiger partial charge in [0, 0.05) is 12.1 Å². The summed E-state index contributed by atoms with van der Waals surface area (Å²) in [5.74, 6) is 0.136. The number of halogens is 1. The molecule has 1 atom stereocenters. The first-order valence-electron chi connectivity index (χ1n) is 4.93. The molecule has 0 saturated carbocycles. The molecule has 1 amide bonds. The summed E-state index contributed by atoms with van der Waals surface area (Å²) in [5.41, 5.74) is 7.11. The molecular formula is C11H15ClN2O. The summed E-state index contributed by atoms with van der Waals surface area (Å²) in [4.78, 5) is 11.6. The fraction of sp³-hybridized carbons (Fsp3) is 0.364. The third-order valence-electron chi connectivity index (χ3n) is 2.65. The molecule has 0 aromatic heterocycles.